The first-order chi connectivity index (χ1) is 41.2. The highest BCUT2D eigenvalue weighted by Gasteiger charge is 2.50. The second-order valence-electron chi connectivity index (χ2n) is 21.1. The van der Waals surface area contributed by atoms with Crippen molar-refractivity contribution in [1.82, 2.24) is 26.6 Å². The Morgan fingerprint density at radius 3 is 1.22 bits per heavy atom. The van der Waals surface area contributed by atoms with Gasteiger partial charge >= 0.3 is 0 Å². The van der Waals surface area contributed by atoms with Crippen LogP contribution in [0.1, 0.15) is 71.4 Å². The van der Waals surface area contributed by atoms with Crippen LogP contribution < -0.4 is 26.6 Å². The molecule has 0 bridgehead atoms. The fourth-order valence-corrected chi connectivity index (χ4v) is 8.37. The maximum atomic E-state index is 14.2. The van der Waals surface area contributed by atoms with Gasteiger partial charge < -0.3 is 83.4 Å². The molecule has 5 amide bonds. The van der Waals surface area contributed by atoms with E-state index < -0.39 is 53.4 Å². The number of nitrogens with one attached hydrogen (secondary N) is 5. The van der Waals surface area contributed by atoms with Gasteiger partial charge in [-0.25, -0.2) is 0 Å². The molecule has 1 aliphatic heterocycles. The van der Waals surface area contributed by atoms with Gasteiger partial charge in [0, 0.05) is 19.4 Å². The summed E-state index contributed by atoms with van der Waals surface area (Å²) >= 11 is 3.08. The standard InChI is InChI=1S/C61H98BrN5O18/c1-47(2)42-52(57(70)61(5)46-85-61)65-60(73)54(44-50-14-10-7-11-15-50)67-59(72)53(43-48(3)4)66-58(71)51(17-16-49-12-8-6-9-13-49)64-55(68)18-20-74-22-24-76-26-28-78-30-32-80-34-36-82-38-40-84-41-39-83-37-35-81-33-31-79-29-27-77-25-23-75-21-19-63-56(69)45-62/h6-15,47-48,51-54H,16-46H2,1-5H3,(H,63,69)(H,64,68)(H,65,73)(H,66,71)(H,67,72)/t51-,52-,53-,54-,61+/m0/s1. The Morgan fingerprint density at radius 2 is 0.812 bits per heavy atom. The first-order valence-electron chi connectivity index (χ1n) is 29.8. The topological polar surface area (TPSA) is 277 Å². The summed E-state index contributed by atoms with van der Waals surface area (Å²) in [6.07, 6.45) is 1.52. The third-order valence-corrected chi connectivity index (χ3v) is 13.3. The first-order valence-corrected chi connectivity index (χ1v) is 31.0. The number of ether oxygens (including phenoxy) is 12. The van der Waals surface area contributed by atoms with Crippen LogP contribution in [-0.2, 0) is 98.5 Å². The Bertz CT molecular complexity index is 2100. The molecule has 0 aliphatic carbocycles. The van der Waals surface area contributed by atoms with Gasteiger partial charge in [0.1, 0.15) is 23.7 Å². The minimum absolute atomic E-state index is 0.0116. The molecule has 1 aliphatic rings. The second kappa shape index (κ2) is 47.5. The molecule has 0 saturated carbocycles. The number of hydrogen-bond acceptors (Lipinski definition) is 18. The molecular weight excluding hydrogens is 1170 g/mol. The Balaban J connectivity index is 1.23. The number of alkyl halides is 1. The lowest BCUT2D eigenvalue weighted by Crippen LogP contribution is -2.59. The van der Waals surface area contributed by atoms with E-state index in [-0.39, 0.29) is 74.4 Å². The van der Waals surface area contributed by atoms with E-state index in [0.717, 1.165) is 11.1 Å². The molecule has 23 nitrogen and oxygen atoms in total. The predicted molar refractivity (Wildman–Crippen MR) is 321 cm³/mol. The zero-order valence-electron chi connectivity index (χ0n) is 50.9. The average Bonchev–Trinajstić information content (AvgIpc) is 2.58. The predicted octanol–water partition coefficient (Wildman–Crippen LogP) is 3.34. The van der Waals surface area contributed by atoms with Crippen LogP contribution in [0, 0.1) is 11.8 Å². The van der Waals surface area contributed by atoms with E-state index in [2.05, 4.69) is 42.5 Å². The number of aryl methyl sites for hydroxylation is 1. The van der Waals surface area contributed by atoms with Gasteiger partial charge in [0.2, 0.25) is 29.5 Å². The van der Waals surface area contributed by atoms with E-state index in [0.29, 0.717) is 152 Å². The molecular formula is C61H98BrN5O18. The summed E-state index contributed by atoms with van der Waals surface area (Å²) in [6, 6.07) is 14.9. The average molecular weight is 1270 g/mol. The highest BCUT2D eigenvalue weighted by Crippen LogP contribution is 2.30. The number of benzene rings is 2. The molecule has 0 radical (unpaired) electrons. The van der Waals surface area contributed by atoms with Crippen LogP contribution in [0.5, 0.6) is 0 Å². The van der Waals surface area contributed by atoms with Gasteiger partial charge in [-0.3, -0.25) is 28.8 Å². The lowest BCUT2D eigenvalue weighted by molar-refractivity contribution is -0.135. The van der Waals surface area contributed by atoms with E-state index >= 15 is 0 Å². The minimum Gasteiger partial charge on any atom is -0.379 e. The zero-order chi connectivity index (χ0) is 61.6. The van der Waals surface area contributed by atoms with Crippen molar-refractivity contribution in [3.63, 3.8) is 0 Å². The number of Topliss-reactive ketones (excluding diaryl/α,β-unsaturated/α-hetero) is 1. The Morgan fingerprint density at radius 1 is 0.459 bits per heavy atom. The molecule has 5 atom stereocenters. The van der Waals surface area contributed by atoms with Crippen molar-refractivity contribution in [2.24, 2.45) is 11.8 Å². The molecule has 1 saturated heterocycles. The van der Waals surface area contributed by atoms with Crippen molar-refractivity contribution in [3.8, 4) is 0 Å². The summed E-state index contributed by atoms with van der Waals surface area (Å²) in [7, 11) is 0. The molecule has 0 aromatic heterocycles. The number of carbonyl (C=O) groups excluding carboxylic acids is 6. The van der Waals surface area contributed by atoms with Gasteiger partial charge in [0.15, 0.2) is 5.78 Å². The minimum atomic E-state index is -1.07. The molecule has 5 N–H and O–H groups in total. The summed E-state index contributed by atoms with van der Waals surface area (Å²) < 4.78 is 66.2. The number of halogens is 1. The highest BCUT2D eigenvalue weighted by atomic mass is 79.9. The lowest BCUT2D eigenvalue weighted by Gasteiger charge is -2.28. The van der Waals surface area contributed by atoms with Crippen LogP contribution in [0.2, 0.25) is 0 Å². The van der Waals surface area contributed by atoms with E-state index in [1.165, 1.54) is 0 Å². The molecule has 3 rings (SSSR count). The Kier molecular flexibility index (Phi) is 41.8. The number of epoxide rings is 1. The summed E-state index contributed by atoms with van der Waals surface area (Å²) in [5.74, 6) is -2.24. The van der Waals surface area contributed by atoms with Crippen molar-refractivity contribution in [2.45, 2.75) is 103 Å². The highest BCUT2D eigenvalue weighted by molar-refractivity contribution is 9.09. The van der Waals surface area contributed by atoms with E-state index in [9.17, 15) is 28.8 Å². The summed E-state index contributed by atoms with van der Waals surface area (Å²) in [4.78, 5) is 80.3. The van der Waals surface area contributed by atoms with Crippen LogP contribution in [0.4, 0.5) is 0 Å². The SMILES string of the molecule is CC(C)C[C@H](NC(=O)[C@H](CCc1ccccc1)NC(=O)CCOCCOCCOCCOCCOCCOCCOCCOCCOCCOCCOCCNC(=O)CBr)C(=O)N[C@@H](Cc1ccccc1)C(=O)N[C@@H](CC(C)C)C(=O)[C@@]1(C)CO1. The number of hydrogen-bond donors (Lipinski definition) is 5. The molecule has 0 spiro atoms. The lowest BCUT2D eigenvalue weighted by atomic mass is 9.93. The van der Waals surface area contributed by atoms with E-state index in [1.807, 2.05) is 88.4 Å². The van der Waals surface area contributed by atoms with Crippen LogP contribution in [-0.4, -0.2) is 229 Å². The quantitative estimate of drug-likeness (QED) is 0.0361. The Hall–Kier alpha value is -4.54. The van der Waals surface area contributed by atoms with Crippen molar-refractivity contribution >= 4 is 51.2 Å². The van der Waals surface area contributed by atoms with Crippen LogP contribution in [0.25, 0.3) is 0 Å². The van der Waals surface area contributed by atoms with Crippen molar-refractivity contribution in [2.75, 3.05) is 164 Å². The van der Waals surface area contributed by atoms with Crippen LogP contribution in [0.15, 0.2) is 60.7 Å². The smallest absolute Gasteiger partial charge is 0.243 e. The van der Waals surface area contributed by atoms with E-state index in [4.69, 9.17) is 56.8 Å². The molecule has 2 aromatic rings. The maximum absolute atomic E-state index is 14.2. The Labute approximate surface area is 511 Å². The van der Waals surface area contributed by atoms with Crippen molar-refractivity contribution in [1.29, 1.82) is 0 Å². The van der Waals surface area contributed by atoms with Gasteiger partial charge in [-0.2, -0.15) is 0 Å². The molecule has 2 aromatic carbocycles. The molecule has 482 valence electrons. The fourth-order valence-electron chi connectivity index (χ4n) is 8.17. The third kappa shape index (κ3) is 37.7. The third-order valence-electron chi connectivity index (χ3n) is 12.8. The summed E-state index contributed by atoms with van der Waals surface area (Å²) in [5.41, 5.74) is 0.814. The van der Waals surface area contributed by atoms with Crippen LogP contribution >= 0.6 is 15.9 Å². The number of carbonyl (C=O) groups is 6. The van der Waals surface area contributed by atoms with Gasteiger partial charge in [-0.1, -0.05) is 104 Å². The monoisotopic (exact) mass is 1270 g/mol. The molecule has 1 heterocycles. The van der Waals surface area contributed by atoms with E-state index in [1.54, 1.807) is 6.92 Å². The fraction of sp³-hybridized carbons (Fsp3) is 0.705. The van der Waals surface area contributed by atoms with Gasteiger partial charge in [-0.05, 0) is 55.6 Å². The largest absolute Gasteiger partial charge is 0.379 e. The normalized spacial score (nSPS) is 15.2. The van der Waals surface area contributed by atoms with Gasteiger partial charge in [-0.15, -0.1) is 0 Å². The maximum Gasteiger partial charge on any atom is 0.243 e. The van der Waals surface area contributed by atoms with Crippen molar-refractivity contribution < 1.29 is 85.6 Å². The van der Waals surface area contributed by atoms with Crippen LogP contribution in [0.3, 0.4) is 0 Å². The zero-order valence-corrected chi connectivity index (χ0v) is 52.5. The molecule has 1 fully saturated rings. The summed E-state index contributed by atoms with van der Waals surface area (Å²) in [6.45, 7) is 19.2. The second-order valence-corrected chi connectivity index (χ2v) is 21.7. The number of amides is 5. The molecule has 24 heteroatoms. The first kappa shape index (κ1) is 74.7. The summed E-state index contributed by atoms with van der Waals surface area (Å²) in [5, 5.41) is 14.6. The number of rotatable bonds is 55. The molecule has 0 unspecified atom stereocenters. The van der Waals surface area contributed by atoms with Gasteiger partial charge in [0.25, 0.3) is 0 Å². The molecule has 85 heavy (non-hydrogen) atoms. The van der Waals surface area contributed by atoms with Crippen molar-refractivity contribution in [3.05, 3.63) is 71.8 Å². The number of ketones is 1. The van der Waals surface area contributed by atoms with Gasteiger partial charge in [0.05, 0.1) is 163 Å².